The van der Waals surface area contributed by atoms with E-state index in [0.717, 1.165) is 4.90 Å². The van der Waals surface area contributed by atoms with Crippen molar-refractivity contribution in [2.75, 3.05) is 6.61 Å². The van der Waals surface area contributed by atoms with Crippen molar-refractivity contribution in [2.24, 2.45) is 0 Å². The maximum atomic E-state index is 12.4. The Balaban J connectivity index is 2.11. The molecule has 19 heavy (non-hydrogen) atoms. The zero-order valence-electron chi connectivity index (χ0n) is 10.6. The van der Waals surface area contributed by atoms with Crippen molar-refractivity contribution in [1.82, 2.24) is 4.57 Å². The first-order valence-electron chi connectivity index (χ1n) is 5.94. The molecule has 0 N–H and O–H groups in total. The number of rotatable bonds is 5. The zero-order chi connectivity index (χ0) is 13.7. The fourth-order valence-corrected chi connectivity index (χ4v) is 2.92. The van der Waals surface area contributed by atoms with Crippen LogP contribution in [-0.4, -0.2) is 21.4 Å². The van der Waals surface area contributed by atoms with E-state index < -0.39 is 10.8 Å². The highest BCUT2D eigenvalue weighted by molar-refractivity contribution is 7.85. The van der Waals surface area contributed by atoms with Crippen molar-refractivity contribution in [3.05, 3.63) is 48.7 Å². The molecule has 100 valence electrons. The number of hydrogen-bond acceptors (Lipinski definition) is 3. The van der Waals surface area contributed by atoms with Crippen LogP contribution >= 0.6 is 0 Å². The molecular weight excluding hydrogens is 262 g/mol. The van der Waals surface area contributed by atoms with Crippen LogP contribution in [0.2, 0.25) is 0 Å². The fraction of sp³-hybridized carbons (Fsp3) is 0.214. The molecular formula is C14H15NO3S. The number of carbonyl (C=O) groups excluding carboxylic acids is 1. The SMILES string of the molecule is CC(=O)OCCn1cccc1S(=O)c1ccccc1. The van der Waals surface area contributed by atoms with E-state index in [1.807, 2.05) is 53.2 Å². The van der Waals surface area contributed by atoms with Gasteiger partial charge in [0.2, 0.25) is 0 Å². The van der Waals surface area contributed by atoms with Crippen LogP contribution in [0, 0.1) is 0 Å². The lowest BCUT2D eigenvalue weighted by Gasteiger charge is -2.09. The first-order valence-corrected chi connectivity index (χ1v) is 7.09. The van der Waals surface area contributed by atoms with E-state index in [0.29, 0.717) is 11.6 Å². The third-order valence-electron chi connectivity index (χ3n) is 2.57. The maximum Gasteiger partial charge on any atom is 0.302 e. The van der Waals surface area contributed by atoms with Crippen molar-refractivity contribution < 1.29 is 13.7 Å². The molecule has 1 unspecified atom stereocenters. The second-order valence-electron chi connectivity index (χ2n) is 3.96. The van der Waals surface area contributed by atoms with Crippen LogP contribution < -0.4 is 0 Å². The Morgan fingerprint density at radius 3 is 2.63 bits per heavy atom. The second-order valence-corrected chi connectivity index (χ2v) is 5.39. The van der Waals surface area contributed by atoms with Crippen molar-refractivity contribution in [3.8, 4) is 0 Å². The zero-order valence-corrected chi connectivity index (χ0v) is 11.4. The summed E-state index contributed by atoms with van der Waals surface area (Å²) in [6.07, 6.45) is 1.83. The standard InChI is InChI=1S/C14H15NO3S/c1-12(16)18-11-10-15-9-5-8-14(15)19(17)13-6-3-2-4-7-13/h2-9H,10-11H2,1H3. The molecule has 2 aromatic rings. The molecule has 1 aromatic heterocycles. The third kappa shape index (κ3) is 3.54. The molecule has 1 atom stereocenters. The first kappa shape index (κ1) is 13.5. The highest BCUT2D eigenvalue weighted by atomic mass is 32.2. The smallest absolute Gasteiger partial charge is 0.302 e. The molecule has 0 aliphatic heterocycles. The predicted molar refractivity (Wildman–Crippen MR) is 72.2 cm³/mol. The van der Waals surface area contributed by atoms with E-state index in [1.165, 1.54) is 6.92 Å². The molecule has 0 saturated heterocycles. The average Bonchev–Trinajstić information content (AvgIpc) is 2.87. The quantitative estimate of drug-likeness (QED) is 0.787. The molecule has 1 heterocycles. The number of benzene rings is 1. The van der Waals surface area contributed by atoms with Gasteiger partial charge >= 0.3 is 5.97 Å². The number of aromatic nitrogens is 1. The van der Waals surface area contributed by atoms with Crippen LogP contribution in [0.15, 0.2) is 58.6 Å². The lowest BCUT2D eigenvalue weighted by atomic mass is 10.4. The Kier molecular flexibility index (Phi) is 4.52. The summed E-state index contributed by atoms with van der Waals surface area (Å²) in [4.78, 5) is 11.5. The molecule has 0 fully saturated rings. The Labute approximate surface area is 114 Å². The van der Waals surface area contributed by atoms with Crippen molar-refractivity contribution >= 4 is 16.8 Å². The first-order chi connectivity index (χ1) is 9.18. The van der Waals surface area contributed by atoms with Gasteiger partial charge < -0.3 is 9.30 Å². The van der Waals surface area contributed by atoms with E-state index in [1.54, 1.807) is 0 Å². The topological polar surface area (TPSA) is 48.3 Å². The van der Waals surface area contributed by atoms with E-state index in [2.05, 4.69) is 0 Å². The van der Waals surface area contributed by atoms with Gasteiger partial charge in [-0.3, -0.25) is 4.79 Å². The number of ether oxygens (including phenoxy) is 1. The monoisotopic (exact) mass is 277 g/mol. The van der Waals surface area contributed by atoms with Crippen LogP contribution in [0.4, 0.5) is 0 Å². The summed E-state index contributed by atoms with van der Waals surface area (Å²) in [5, 5.41) is 0.707. The summed E-state index contributed by atoms with van der Waals surface area (Å²) < 4.78 is 19.1. The molecule has 5 heteroatoms. The van der Waals surface area contributed by atoms with Crippen molar-refractivity contribution in [3.63, 3.8) is 0 Å². The molecule has 0 aliphatic rings. The van der Waals surface area contributed by atoms with Gasteiger partial charge in [0, 0.05) is 18.0 Å². The average molecular weight is 277 g/mol. The molecule has 0 bridgehead atoms. The Hall–Kier alpha value is -1.88. The van der Waals surface area contributed by atoms with E-state index in [9.17, 15) is 9.00 Å². The van der Waals surface area contributed by atoms with Crippen LogP contribution in [0.3, 0.4) is 0 Å². The third-order valence-corrected chi connectivity index (χ3v) is 4.02. The van der Waals surface area contributed by atoms with Gasteiger partial charge in [0.15, 0.2) is 0 Å². The van der Waals surface area contributed by atoms with Gasteiger partial charge in [0.1, 0.15) is 22.4 Å². The minimum Gasteiger partial charge on any atom is -0.464 e. The Morgan fingerprint density at radius 2 is 1.95 bits per heavy atom. The fourth-order valence-electron chi connectivity index (χ4n) is 1.70. The van der Waals surface area contributed by atoms with Gasteiger partial charge in [-0.1, -0.05) is 18.2 Å². The lowest BCUT2D eigenvalue weighted by Crippen LogP contribution is -2.11. The minimum absolute atomic E-state index is 0.281. The molecule has 0 saturated carbocycles. The van der Waals surface area contributed by atoms with Crippen LogP contribution in [0.1, 0.15) is 6.92 Å². The van der Waals surface area contributed by atoms with Gasteiger partial charge in [-0.25, -0.2) is 4.21 Å². The number of nitrogens with zero attached hydrogens (tertiary/aromatic N) is 1. The van der Waals surface area contributed by atoms with Crippen LogP contribution in [-0.2, 0) is 26.9 Å². The predicted octanol–water partition coefficient (Wildman–Crippen LogP) is 2.22. The van der Waals surface area contributed by atoms with E-state index in [-0.39, 0.29) is 12.6 Å². The Bertz CT molecular complexity index is 577. The molecule has 1 aromatic carbocycles. The summed E-state index contributed by atoms with van der Waals surface area (Å²) in [5.74, 6) is -0.308. The molecule has 0 aliphatic carbocycles. The highest BCUT2D eigenvalue weighted by Gasteiger charge is 2.11. The van der Waals surface area contributed by atoms with Crippen molar-refractivity contribution in [1.29, 1.82) is 0 Å². The molecule has 2 rings (SSSR count). The highest BCUT2D eigenvalue weighted by Crippen LogP contribution is 2.16. The summed E-state index contributed by atoms with van der Waals surface area (Å²) >= 11 is 0. The van der Waals surface area contributed by atoms with Gasteiger partial charge in [0.25, 0.3) is 0 Å². The second kappa shape index (κ2) is 6.33. The van der Waals surface area contributed by atoms with Gasteiger partial charge in [-0.15, -0.1) is 0 Å². The lowest BCUT2D eigenvalue weighted by molar-refractivity contribution is -0.141. The molecule has 4 nitrogen and oxygen atoms in total. The van der Waals surface area contributed by atoms with E-state index >= 15 is 0 Å². The summed E-state index contributed by atoms with van der Waals surface area (Å²) in [6.45, 7) is 2.15. The van der Waals surface area contributed by atoms with Gasteiger partial charge in [0.05, 0.1) is 6.54 Å². The number of carbonyl (C=O) groups is 1. The number of esters is 1. The van der Waals surface area contributed by atoms with E-state index in [4.69, 9.17) is 4.74 Å². The largest absolute Gasteiger partial charge is 0.464 e. The Morgan fingerprint density at radius 1 is 1.21 bits per heavy atom. The molecule has 0 spiro atoms. The summed E-state index contributed by atoms with van der Waals surface area (Å²) in [7, 11) is -1.22. The molecule has 0 radical (unpaired) electrons. The molecule has 0 amide bonds. The normalized spacial score (nSPS) is 12.1. The van der Waals surface area contributed by atoms with Gasteiger partial charge in [-0.05, 0) is 24.3 Å². The maximum absolute atomic E-state index is 12.4. The van der Waals surface area contributed by atoms with Crippen LogP contribution in [0.5, 0.6) is 0 Å². The van der Waals surface area contributed by atoms with Gasteiger partial charge in [-0.2, -0.15) is 0 Å². The van der Waals surface area contributed by atoms with Crippen molar-refractivity contribution in [2.45, 2.75) is 23.4 Å². The van der Waals surface area contributed by atoms with Crippen LogP contribution in [0.25, 0.3) is 0 Å². The number of hydrogen-bond donors (Lipinski definition) is 0. The summed E-state index contributed by atoms with van der Waals surface area (Å²) in [6, 6.07) is 12.9. The summed E-state index contributed by atoms with van der Waals surface area (Å²) in [5.41, 5.74) is 0. The minimum atomic E-state index is -1.22.